The second kappa shape index (κ2) is 4.60. The van der Waals surface area contributed by atoms with Crippen LogP contribution in [-0.2, 0) is 0 Å². The molecule has 0 unspecified atom stereocenters. The third-order valence-corrected chi connectivity index (χ3v) is 1.56. The van der Waals surface area contributed by atoms with Crippen LogP contribution in [0.1, 0.15) is 34.6 Å². The monoisotopic (exact) mass is 152 g/mol. The molecule has 0 aliphatic rings. The van der Waals surface area contributed by atoms with E-state index in [1.54, 1.807) is 0 Å². The van der Waals surface area contributed by atoms with E-state index in [1.165, 1.54) is 0 Å². The Kier molecular flexibility index (Phi) is 4.51. The van der Waals surface area contributed by atoms with Gasteiger partial charge in [-0.15, -0.1) is 6.58 Å². The van der Waals surface area contributed by atoms with Crippen molar-refractivity contribution in [1.29, 1.82) is 0 Å². The van der Waals surface area contributed by atoms with E-state index in [-0.39, 0.29) is 0 Å². The molecule has 0 spiro atoms. The van der Waals surface area contributed by atoms with Crippen molar-refractivity contribution in [3.8, 4) is 0 Å². The van der Waals surface area contributed by atoms with Gasteiger partial charge >= 0.3 is 0 Å². The SMILES string of the molecule is C=C(C)[B]N(C(C)C)C(C)C. The van der Waals surface area contributed by atoms with Crippen LogP contribution in [0.5, 0.6) is 0 Å². The van der Waals surface area contributed by atoms with Crippen molar-refractivity contribution >= 4 is 7.41 Å². The van der Waals surface area contributed by atoms with Crippen LogP contribution in [0.4, 0.5) is 0 Å². The number of allylic oxidation sites excluding steroid dienone is 1. The van der Waals surface area contributed by atoms with Crippen LogP contribution in [-0.4, -0.2) is 24.3 Å². The summed E-state index contributed by atoms with van der Waals surface area (Å²) in [5.41, 5.74) is 1.12. The molecule has 0 aliphatic carbocycles. The zero-order valence-electron chi connectivity index (χ0n) is 8.39. The molecular weight excluding hydrogens is 133 g/mol. The standard InChI is InChI=1S/C9H19BN/c1-7(2)10-11(8(3)4)9(5)6/h8-9H,1H2,2-6H3. The maximum Gasteiger partial charge on any atom is 0.242 e. The molecule has 0 aromatic heterocycles. The van der Waals surface area contributed by atoms with Gasteiger partial charge in [0.05, 0.1) is 0 Å². The molecule has 0 aromatic carbocycles. The molecule has 2 heteroatoms. The van der Waals surface area contributed by atoms with Crippen LogP contribution in [0.3, 0.4) is 0 Å². The molecule has 1 radical (unpaired) electrons. The van der Waals surface area contributed by atoms with Crippen molar-refractivity contribution in [3.63, 3.8) is 0 Å². The van der Waals surface area contributed by atoms with Crippen molar-refractivity contribution in [1.82, 2.24) is 4.81 Å². The molecule has 0 bridgehead atoms. The van der Waals surface area contributed by atoms with Gasteiger partial charge in [-0.1, -0.05) is 40.1 Å². The smallest absolute Gasteiger partial charge is 0.242 e. The van der Waals surface area contributed by atoms with Crippen LogP contribution in [0.25, 0.3) is 0 Å². The van der Waals surface area contributed by atoms with Gasteiger partial charge in [-0.25, -0.2) is 0 Å². The fraction of sp³-hybridized carbons (Fsp3) is 0.778. The Labute approximate surface area is 71.7 Å². The molecule has 0 N–H and O–H groups in total. The molecule has 0 aromatic rings. The highest BCUT2D eigenvalue weighted by Crippen LogP contribution is 2.04. The highest BCUT2D eigenvalue weighted by Gasteiger charge is 2.13. The summed E-state index contributed by atoms with van der Waals surface area (Å²) in [7, 11) is 2.12. The van der Waals surface area contributed by atoms with Crippen molar-refractivity contribution in [2.45, 2.75) is 46.7 Å². The van der Waals surface area contributed by atoms with Crippen LogP contribution in [0.15, 0.2) is 12.1 Å². The first kappa shape index (κ1) is 10.8. The Morgan fingerprint density at radius 3 is 1.64 bits per heavy atom. The molecule has 0 saturated carbocycles. The zero-order chi connectivity index (χ0) is 9.02. The van der Waals surface area contributed by atoms with Crippen molar-refractivity contribution in [2.75, 3.05) is 0 Å². The van der Waals surface area contributed by atoms with Crippen LogP contribution in [0.2, 0.25) is 0 Å². The lowest BCUT2D eigenvalue weighted by molar-refractivity contribution is 0.314. The van der Waals surface area contributed by atoms with Gasteiger partial charge in [0.25, 0.3) is 0 Å². The van der Waals surface area contributed by atoms with E-state index in [1.807, 2.05) is 6.92 Å². The van der Waals surface area contributed by atoms with Gasteiger partial charge < -0.3 is 4.81 Å². The van der Waals surface area contributed by atoms with Gasteiger partial charge in [0, 0.05) is 0 Å². The molecule has 0 saturated heterocycles. The molecule has 0 atom stereocenters. The molecule has 0 rings (SSSR count). The van der Waals surface area contributed by atoms with E-state index < -0.39 is 0 Å². The van der Waals surface area contributed by atoms with E-state index in [0.29, 0.717) is 12.1 Å². The van der Waals surface area contributed by atoms with Crippen molar-refractivity contribution < 1.29 is 0 Å². The maximum absolute atomic E-state index is 3.86. The first-order valence-corrected chi connectivity index (χ1v) is 4.23. The van der Waals surface area contributed by atoms with Crippen LogP contribution in [0, 0.1) is 0 Å². The van der Waals surface area contributed by atoms with Gasteiger partial charge in [-0.2, -0.15) is 0 Å². The van der Waals surface area contributed by atoms with E-state index in [0.717, 1.165) is 5.47 Å². The lowest BCUT2D eigenvalue weighted by Gasteiger charge is -2.30. The number of hydrogen-bond donors (Lipinski definition) is 0. The summed E-state index contributed by atoms with van der Waals surface area (Å²) in [6.07, 6.45) is 0. The fourth-order valence-electron chi connectivity index (χ4n) is 1.15. The average molecular weight is 152 g/mol. The second-order valence-electron chi connectivity index (χ2n) is 3.61. The minimum absolute atomic E-state index is 0.562. The van der Waals surface area contributed by atoms with Gasteiger partial charge in [-0.05, 0) is 12.1 Å². The Morgan fingerprint density at radius 1 is 1.18 bits per heavy atom. The van der Waals surface area contributed by atoms with Gasteiger partial charge in [-0.3, -0.25) is 0 Å². The molecule has 0 aliphatic heterocycles. The Bertz CT molecular complexity index is 122. The Balaban J connectivity index is 4.00. The first-order chi connectivity index (χ1) is 4.95. The minimum Gasteiger partial charge on any atom is -0.338 e. The number of rotatable bonds is 4. The highest BCUT2D eigenvalue weighted by atomic mass is 15.1. The van der Waals surface area contributed by atoms with Gasteiger partial charge in [0.2, 0.25) is 7.41 Å². The van der Waals surface area contributed by atoms with Crippen molar-refractivity contribution in [2.24, 2.45) is 0 Å². The van der Waals surface area contributed by atoms with Gasteiger partial charge in [0.15, 0.2) is 0 Å². The Morgan fingerprint density at radius 2 is 1.55 bits per heavy atom. The minimum atomic E-state index is 0.562. The zero-order valence-corrected chi connectivity index (χ0v) is 8.39. The summed E-state index contributed by atoms with van der Waals surface area (Å²) in [4.78, 5) is 2.31. The van der Waals surface area contributed by atoms with Gasteiger partial charge in [0.1, 0.15) is 0 Å². The summed E-state index contributed by atoms with van der Waals surface area (Å²) >= 11 is 0. The maximum atomic E-state index is 3.86. The summed E-state index contributed by atoms with van der Waals surface area (Å²) < 4.78 is 0. The summed E-state index contributed by atoms with van der Waals surface area (Å²) in [5, 5.41) is 0. The van der Waals surface area contributed by atoms with E-state index >= 15 is 0 Å². The molecule has 63 valence electrons. The van der Waals surface area contributed by atoms with Crippen LogP contribution >= 0.6 is 0 Å². The summed E-state index contributed by atoms with van der Waals surface area (Å²) in [6.45, 7) is 14.7. The topological polar surface area (TPSA) is 3.24 Å². The van der Waals surface area contributed by atoms with E-state index in [2.05, 4.69) is 46.5 Å². The molecular formula is C9H19BN. The molecule has 0 fully saturated rings. The van der Waals surface area contributed by atoms with Crippen LogP contribution < -0.4 is 0 Å². The number of nitrogens with zero attached hydrogens (tertiary/aromatic N) is 1. The summed E-state index contributed by atoms with van der Waals surface area (Å²) in [6, 6.07) is 1.12. The number of hydrogen-bond acceptors (Lipinski definition) is 1. The largest absolute Gasteiger partial charge is 0.338 e. The third kappa shape index (κ3) is 4.25. The molecule has 0 amide bonds. The predicted octanol–water partition coefficient (Wildman–Crippen LogP) is 2.26. The van der Waals surface area contributed by atoms with E-state index in [4.69, 9.17) is 0 Å². The lowest BCUT2D eigenvalue weighted by atomic mass is 9.79. The molecule has 1 nitrogen and oxygen atoms in total. The van der Waals surface area contributed by atoms with Crippen molar-refractivity contribution in [3.05, 3.63) is 12.1 Å². The highest BCUT2D eigenvalue weighted by molar-refractivity contribution is 6.41. The third-order valence-electron chi connectivity index (χ3n) is 1.56. The Hall–Kier alpha value is -0.235. The van der Waals surface area contributed by atoms with E-state index in [9.17, 15) is 0 Å². The quantitative estimate of drug-likeness (QED) is 0.558. The lowest BCUT2D eigenvalue weighted by Crippen LogP contribution is -2.40. The normalized spacial score (nSPS) is 11.3. The first-order valence-electron chi connectivity index (χ1n) is 4.23. The molecule has 11 heavy (non-hydrogen) atoms. The summed E-state index contributed by atoms with van der Waals surface area (Å²) in [5.74, 6) is 0. The second-order valence-corrected chi connectivity index (χ2v) is 3.61. The fourth-order valence-corrected chi connectivity index (χ4v) is 1.15. The average Bonchev–Trinajstić information content (AvgIpc) is 1.81. The predicted molar refractivity (Wildman–Crippen MR) is 52.7 cm³/mol. The molecule has 0 heterocycles.